The number of carbonyl (C=O) groups excluding carboxylic acids is 2. The summed E-state index contributed by atoms with van der Waals surface area (Å²) in [5.74, 6) is 5.83. The molecule has 1 fully saturated rings. The molecule has 0 atom stereocenters. The van der Waals surface area contributed by atoms with Crippen LogP contribution < -0.4 is 0 Å². The molecule has 0 bridgehead atoms. The first-order chi connectivity index (χ1) is 9.70. The smallest absolute Gasteiger partial charge is 0.338 e. The minimum Gasteiger partial charge on any atom is -0.462 e. The fourth-order valence-corrected chi connectivity index (χ4v) is 2.01. The minimum atomic E-state index is -0.324. The highest BCUT2D eigenvalue weighted by Crippen LogP contribution is 2.08. The molecule has 0 N–H and O–H groups in total. The molecular weight excluding hydrogens is 254 g/mol. The average molecular weight is 271 g/mol. The van der Waals surface area contributed by atoms with Gasteiger partial charge in [0.05, 0.1) is 18.7 Å². The van der Waals surface area contributed by atoms with Crippen LogP contribution in [0.25, 0.3) is 0 Å². The lowest BCUT2D eigenvalue weighted by atomic mass is 10.1. The van der Waals surface area contributed by atoms with Gasteiger partial charge in [0.25, 0.3) is 0 Å². The summed E-state index contributed by atoms with van der Waals surface area (Å²) in [6.07, 6.45) is 1.56. The maximum atomic E-state index is 11.5. The molecule has 20 heavy (non-hydrogen) atoms. The molecule has 0 radical (unpaired) electrons. The summed E-state index contributed by atoms with van der Waals surface area (Å²) >= 11 is 0. The number of ether oxygens (including phenoxy) is 1. The fraction of sp³-hybridized carbons (Fsp3) is 0.375. The summed E-state index contributed by atoms with van der Waals surface area (Å²) in [6.45, 7) is 3.41. The summed E-state index contributed by atoms with van der Waals surface area (Å²) in [7, 11) is 0. The third-order valence-corrected chi connectivity index (χ3v) is 3.07. The zero-order valence-electron chi connectivity index (χ0n) is 11.5. The van der Waals surface area contributed by atoms with Crippen molar-refractivity contribution in [2.45, 2.75) is 19.8 Å². The van der Waals surface area contributed by atoms with Crippen LogP contribution in [-0.4, -0.2) is 36.5 Å². The molecule has 1 aromatic rings. The van der Waals surface area contributed by atoms with Gasteiger partial charge in [-0.05, 0) is 37.6 Å². The number of benzene rings is 1. The lowest BCUT2D eigenvalue weighted by Gasteiger charge is -2.09. The number of hydrogen-bond donors (Lipinski definition) is 0. The molecule has 1 aliphatic rings. The van der Waals surface area contributed by atoms with Crippen molar-refractivity contribution < 1.29 is 14.3 Å². The Balaban J connectivity index is 1.94. The van der Waals surface area contributed by atoms with Crippen LogP contribution in [0, 0.1) is 11.8 Å². The molecule has 0 aliphatic carbocycles. The molecular formula is C16H17NO3. The maximum Gasteiger partial charge on any atom is 0.338 e. The molecule has 1 aromatic carbocycles. The zero-order chi connectivity index (χ0) is 14.4. The lowest BCUT2D eigenvalue weighted by molar-refractivity contribution is -0.127. The zero-order valence-corrected chi connectivity index (χ0v) is 11.5. The van der Waals surface area contributed by atoms with Gasteiger partial charge in [-0.1, -0.05) is 11.8 Å². The van der Waals surface area contributed by atoms with Crippen LogP contribution >= 0.6 is 0 Å². The van der Waals surface area contributed by atoms with Gasteiger partial charge < -0.3 is 9.64 Å². The highest BCUT2D eigenvalue weighted by atomic mass is 16.5. The van der Waals surface area contributed by atoms with Crippen LogP contribution in [0.5, 0.6) is 0 Å². The molecule has 1 saturated heterocycles. The highest BCUT2D eigenvalue weighted by Gasteiger charge is 2.18. The standard InChI is InChI=1S/C16H17NO3/c1-2-20-16(19)14-9-7-13(8-10-14)5-3-11-17-12-4-6-15(17)18/h7-10H,2,4,6,11-12H2,1H3. The van der Waals surface area contributed by atoms with E-state index in [-0.39, 0.29) is 11.9 Å². The first-order valence-electron chi connectivity index (χ1n) is 6.74. The summed E-state index contributed by atoms with van der Waals surface area (Å²) in [5.41, 5.74) is 1.34. The Labute approximate surface area is 118 Å². The van der Waals surface area contributed by atoms with Crippen molar-refractivity contribution in [1.82, 2.24) is 4.90 Å². The number of hydrogen-bond acceptors (Lipinski definition) is 3. The average Bonchev–Trinajstić information content (AvgIpc) is 2.85. The molecule has 0 unspecified atom stereocenters. The second-order valence-electron chi connectivity index (χ2n) is 4.52. The van der Waals surface area contributed by atoms with Gasteiger partial charge >= 0.3 is 5.97 Å². The molecule has 4 nitrogen and oxygen atoms in total. The van der Waals surface area contributed by atoms with E-state index >= 15 is 0 Å². The van der Waals surface area contributed by atoms with Crippen molar-refractivity contribution in [3.63, 3.8) is 0 Å². The van der Waals surface area contributed by atoms with E-state index in [0.717, 1.165) is 18.5 Å². The summed E-state index contributed by atoms with van der Waals surface area (Å²) in [5, 5.41) is 0. The number of esters is 1. The van der Waals surface area contributed by atoms with Crippen molar-refractivity contribution in [1.29, 1.82) is 0 Å². The summed E-state index contributed by atoms with van der Waals surface area (Å²) in [6, 6.07) is 6.96. The largest absolute Gasteiger partial charge is 0.462 e. The molecule has 0 aromatic heterocycles. The van der Waals surface area contributed by atoms with Gasteiger partial charge in [0.2, 0.25) is 5.91 Å². The molecule has 0 saturated carbocycles. The topological polar surface area (TPSA) is 46.6 Å². The van der Waals surface area contributed by atoms with Gasteiger partial charge in [0.15, 0.2) is 0 Å². The SMILES string of the molecule is CCOC(=O)c1ccc(C#CCN2CCCC2=O)cc1. The normalized spacial score (nSPS) is 13.8. The van der Waals surface area contributed by atoms with Crippen LogP contribution in [0.3, 0.4) is 0 Å². The third-order valence-electron chi connectivity index (χ3n) is 3.07. The minimum absolute atomic E-state index is 0.178. The predicted octanol–water partition coefficient (Wildman–Crippen LogP) is 1.84. The highest BCUT2D eigenvalue weighted by molar-refractivity contribution is 5.89. The Morgan fingerprint density at radius 2 is 2.10 bits per heavy atom. The number of amides is 1. The number of likely N-dealkylation sites (tertiary alicyclic amines) is 1. The number of carbonyl (C=O) groups is 2. The molecule has 1 amide bonds. The lowest BCUT2D eigenvalue weighted by Crippen LogP contribution is -2.24. The van der Waals surface area contributed by atoms with E-state index in [1.807, 2.05) is 0 Å². The van der Waals surface area contributed by atoms with Crippen LogP contribution in [-0.2, 0) is 9.53 Å². The van der Waals surface area contributed by atoms with E-state index in [1.165, 1.54) is 0 Å². The van der Waals surface area contributed by atoms with E-state index in [4.69, 9.17) is 4.74 Å². The van der Waals surface area contributed by atoms with E-state index in [0.29, 0.717) is 25.1 Å². The van der Waals surface area contributed by atoms with Crippen molar-refractivity contribution in [3.8, 4) is 11.8 Å². The Morgan fingerprint density at radius 1 is 1.35 bits per heavy atom. The van der Waals surface area contributed by atoms with Crippen LogP contribution in [0.15, 0.2) is 24.3 Å². The van der Waals surface area contributed by atoms with E-state index in [1.54, 1.807) is 36.1 Å². The fourth-order valence-electron chi connectivity index (χ4n) is 2.01. The monoisotopic (exact) mass is 271 g/mol. The quantitative estimate of drug-likeness (QED) is 0.622. The Bertz CT molecular complexity index is 551. The number of nitrogens with zero attached hydrogens (tertiary/aromatic N) is 1. The molecule has 1 heterocycles. The van der Waals surface area contributed by atoms with Crippen molar-refractivity contribution in [2.75, 3.05) is 19.7 Å². The van der Waals surface area contributed by atoms with Gasteiger partial charge in [-0.3, -0.25) is 4.79 Å². The predicted molar refractivity (Wildman–Crippen MR) is 75.1 cm³/mol. The summed E-state index contributed by atoms with van der Waals surface area (Å²) < 4.78 is 4.91. The van der Waals surface area contributed by atoms with E-state index in [9.17, 15) is 9.59 Å². The van der Waals surface area contributed by atoms with Crippen LogP contribution in [0.1, 0.15) is 35.7 Å². The van der Waals surface area contributed by atoms with Gasteiger partial charge in [-0.15, -0.1) is 0 Å². The number of rotatable bonds is 3. The molecule has 0 spiro atoms. The Morgan fingerprint density at radius 3 is 2.70 bits per heavy atom. The van der Waals surface area contributed by atoms with Crippen molar-refractivity contribution in [2.24, 2.45) is 0 Å². The second kappa shape index (κ2) is 6.76. The second-order valence-corrected chi connectivity index (χ2v) is 4.52. The van der Waals surface area contributed by atoms with Crippen molar-refractivity contribution >= 4 is 11.9 Å². The van der Waals surface area contributed by atoms with Crippen LogP contribution in [0.4, 0.5) is 0 Å². The first-order valence-corrected chi connectivity index (χ1v) is 6.74. The summed E-state index contributed by atoms with van der Waals surface area (Å²) in [4.78, 5) is 24.6. The molecule has 2 rings (SSSR count). The van der Waals surface area contributed by atoms with Gasteiger partial charge in [-0.2, -0.15) is 0 Å². The Hall–Kier alpha value is -2.28. The maximum absolute atomic E-state index is 11.5. The van der Waals surface area contributed by atoms with E-state index in [2.05, 4.69) is 11.8 Å². The van der Waals surface area contributed by atoms with Gasteiger partial charge in [0, 0.05) is 18.5 Å². The molecule has 4 heteroatoms. The van der Waals surface area contributed by atoms with Gasteiger partial charge in [0.1, 0.15) is 0 Å². The van der Waals surface area contributed by atoms with E-state index < -0.39 is 0 Å². The van der Waals surface area contributed by atoms with Crippen LogP contribution in [0.2, 0.25) is 0 Å². The Kier molecular flexibility index (Phi) is 4.78. The molecule has 104 valence electrons. The third kappa shape index (κ3) is 3.61. The molecule has 1 aliphatic heterocycles. The van der Waals surface area contributed by atoms with Crippen molar-refractivity contribution in [3.05, 3.63) is 35.4 Å². The van der Waals surface area contributed by atoms with Gasteiger partial charge in [-0.25, -0.2) is 4.79 Å². The first kappa shape index (κ1) is 14.1.